The minimum absolute atomic E-state index is 0.206. The van der Waals surface area contributed by atoms with Crippen LogP contribution in [0.3, 0.4) is 0 Å². The molecule has 0 spiro atoms. The summed E-state index contributed by atoms with van der Waals surface area (Å²) >= 11 is 0. The van der Waals surface area contributed by atoms with Gasteiger partial charge in [-0.2, -0.15) is 13.2 Å². The zero-order valence-corrected chi connectivity index (χ0v) is 12.3. The van der Waals surface area contributed by atoms with E-state index in [-0.39, 0.29) is 11.6 Å². The molecule has 1 heterocycles. The van der Waals surface area contributed by atoms with Crippen LogP contribution >= 0.6 is 0 Å². The summed E-state index contributed by atoms with van der Waals surface area (Å²) in [7, 11) is 0. The number of anilines is 1. The van der Waals surface area contributed by atoms with Crippen LogP contribution in [0.1, 0.15) is 22.7 Å². The van der Waals surface area contributed by atoms with Gasteiger partial charge < -0.3 is 10.6 Å². The molecule has 1 fully saturated rings. The predicted molar refractivity (Wildman–Crippen MR) is 80.8 cm³/mol. The third kappa shape index (κ3) is 2.70. The normalized spacial score (nSPS) is 21.3. The van der Waals surface area contributed by atoms with E-state index < -0.39 is 23.8 Å². The summed E-state index contributed by atoms with van der Waals surface area (Å²) in [6.07, 6.45) is -4.45. The third-order valence-electron chi connectivity index (χ3n) is 4.01. The molecule has 23 heavy (non-hydrogen) atoms. The van der Waals surface area contributed by atoms with Crippen molar-refractivity contribution in [3.8, 4) is 0 Å². The molecule has 2 atom stereocenters. The van der Waals surface area contributed by atoms with E-state index in [1.54, 1.807) is 0 Å². The van der Waals surface area contributed by atoms with Gasteiger partial charge in [0.25, 0.3) is 0 Å². The van der Waals surface area contributed by atoms with Crippen LogP contribution in [-0.2, 0) is 11.0 Å². The van der Waals surface area contributed by atoms with Gasteiger partial charge in [0.05, 0.1) is 11.6 Å². The number of alkyl halides is 3. The number of carbonyl (C=O) groups is 1. The molecule has 0 aliphatic carbocycles. The summed E-state index contributed by atoms with van der Waals surface area (Å²) in [6, 6.07) is 11.0. The Kier molecular flexibility index (Phi) is 3.64. The second-order valence-electron chi connectivity index (χ2n) is 5.64. The molecule has 3 nitrogen and oxygen atoms in total. The molecule has 3 rings (SSSR count). The molecule has 120 valence electrons. The SMILES string of the molecule is Cc1ccc([C@H]2[C@H](N)C(=O)N2c2cccc(C(F)(F)F)c2)cc1. The van der Waals surface area contributed by atoms with Gasteiger partial charge in [0, 0.05) is 5.69 Å². The van der Waals surface area contributed by atoms with Crippen LogP contribution in [0.4, 0.5) is 18.9 Å². The maximum Gasteiger partial charge on any atom is 0.416 e. The highest BCUT2D eigenvalue weighted by Crippen LogP contribution is 2.40. The Labute approximate surface area is 131 Å². The number of benzene rings is 2. The van der Waals surface area contributed by atoms with Crippen LogP contribution in [-0.4, -0.2) is 11.9 Å². The fourth-order valence-corrected chi connectivity index (χ4v) is 2.75. The van der Waals surface area contributed by atoms with E-state index in [2.05, 4.69) is 0 Å². The average molecular weight is 320 g/mol. The number of β-lactam (4-membered cyclic amide) rings is 1. The molecular weight excluding hydrogens is 305 g/mol. The van der Waals surface area contributed by atoms with Gasteiger partial charge in [0.15, 0.2) is 0 Å². The van der Waals surface area contributed by atoms with Crippen molar-refractivity contribution < 1.29 is 18.0 Å². The summed E-state index contributed by atoms with van der Waals surface area (Å²) in [4.78, 5) is 13.4. The first-order chi connectivity index (χ1) is 10.8. The Hall–Kier alpha value is -2.34. The van der Waals surface area contributed by atoms with Crippen molar-refractivity contribution in [3.05, 3.63) is 65.2 Å². The first-order valence-electron chi connectivity index (χ1n) is 7.11. The summed E-state index contributed by atoms with van der Waals surface area (Å²) in [5.74, 6) is -0.380. The van der Waals surface area contributed by atoms with Crippen LogP contribution in [0.2, 0.25) is 0 Å². The van der Waals surface area contributed by atoms with E-state index in [9.17, 15) is 18.0 Å². The fourth-order valence-electron chi connectivity index (χ4n) is 2.75. The number of hydrogen-bond donors (Lipinski definition) is 1. The van der Waals surface area contributed by atoms with E-state index in [4.69, 9.17) is 5.73 Å². The molecular formula is C17H15F3N2O. The first-order valence-corrected chi connectivity index (χ1v) is 7.11. The number of hydrogen-bond acceptors (Lipinski definition) is 2. The predicted octanol–water partition coefficient (Wildman–Crippen LogP) is 3.43. The van der Waals surface area contributed by atoms with Crippen molar-refractivity contribution in [1.82, 2.24) is 0 Å². The molecule has 2 N–H and O–H groups in total. The number of amides is 1. The topological polar surface area (TPSA) is 46.3 Å². The molecule has 1 aliphatic rings. The lowest BCUT2D eigenvalue weighted by Gasteiger charge is -2.45. The highest BCUT2D eigenvalue weighted by Gasteiger charge is 2.47. The standard InChI is InChI=1S/C17H15F3N2O/c1-10-5-7-11(8-6-10)15-14(21)16(23)22(15)13-4-2-3-12(9-13)17(18,19)20/h2-9,14-15H,21H2,1H3/t14-,15-/m0/s1. The van der Waals surface area contributed by atoms with Crippen LogP contribution in [0.25, 0.3) is 0 Å². The van der Waals surface area contributed by atoms with Crippen molar-refractivity contribution in [3.63, 3.8) is 0 Å². The molecule has 0 unspecified atom stereocenters. The number of aryl methyl sites for hydroxylation is 1. The van der Waals surface area contributed by atoms with E-state index in [1.165, 1.54) is 17.0 Å². The highest BCUT2D eigenvalue weighted by molar-refractivity contribution is 6.05. The molecule has 2 aromatic rings. The zero-order chi connectivity index (χ0) is 16.8. The van der Waals surface area contributed by atoms with E-state index in [0.29, 0.717) is 0 Å². The summed E-state index contributed by atoms with van der Waals surface area (Å²) in [6.45, 7) is 1.93. The summed E-state index contributed by atoms with van der Waals surface area (Å²) < 4.78 is 38.6. The Morgan fingerprint density at radius 3 is 2.35 bits per heavy atom. The van der Waals surface area contributed by atoms with Gasteiger partial charge >= 0.3 is 6.18 Å². The molecule has 0 aromatic heterocycles. The van der Waals surface area contributed by atoms with Crippen molar-refractivity contribution in [2.75, 3.05) is 4.90 Å². The monoisotopic (exact) mass is 320 g/mol. The minimum atomic E-state index is -4.45. The molecule has 0 radical (unpaired) electrons. The molecule has 1 saturated heterocycles. The second-order valence-corrected chi connectivity index (χ2v) is 5.64. The van der Waals surface area contributed by atoms with Gasteiger partial charge in [0.2, 0.25) is 5.91 Å². The highest BCUT2D eigenvalue weighted by atomic mass is 19.4. The summed E-state index contributed by atoms with van der Waals surface area (Å²) in [5, 5.41) is 0. The fraction of sp³-hybridized carbons (Fsp3) is 0.235. The van der Waals surface area contributed by atoms with E-state index in [0.717, 1.165) is 23.3 Å². The van der Waals surface area contributed by atoms with Crippen molar-refractivity contribution in [1.29, 1.82) is 0 Å². The largest absolute Gasteiger partial charge is 0.416 e. The Bertz CT molecular complexity index is 740. The number of carbonyl (C=O) groups excluding carboxylic acids is 1. The van der Waals surface area contributed by atoms with Gasteiger partial charge in [-0.1, -0.05) is 35.9 Å². The Morgan fingerprint density at radius 2 is 1.74 bits per heavy atom. The first kappa shape index (κ1) is 15.6. The molecule has 0 saturated carbocycles. The van der Waals surface area contributed by atoms with Gasteiger partial charge in [0.1, 0.15) is 6.04 Å². The Morgan fingerprint density at radius 1 is 1.09 bits per heavy atom. The van der Waals surface area contributed by atoms with Gasteiger partial charge in [-0.25, -0.2) is 0 Å². The van der Waals surface area contributed by atoms with Crippen LogP contribution < -0.4 is 10.6 Å². The molecule has 0 bridgehead atoms. The number of nitrogens with zero attached hydrogens (tertiary/aromatic N) is 1. The Balaban J connectivity index is 1.98. The maximum absolute atomic E-state index is 12.9. The van der Waals surface area contributed by atoms with Crippen LogP contribution in [0.15, 0.2) is 48.5 Å². The van der Waals surface area contributed by atoms with Gasteiger partial charge in [-0.05, 0) is 30.7 Å². The molecule has 6 heteroatoms. The minimum Gasteiger partial charge on any atom is -0.318 e. The van der Waals surface area contributed by atoms with Crippen molar-refractivity contribution >= 4 is 11.6 Å². The van der Waals surface area contributed by atoms with Crippen LogP contribution in [0.5, 0.6) is 0 Å². The molecule has 1 aliphatic heterocycles. The van der Waals surface area contributed by atoms with E-state index in [1.807, 2.05) is 31.2 Å². The van der Waals surface area contributed by atoms with Gasteiger partial charge in [-0.3, -0.25) is 4.79 Å². The zero-order valence-electron chi connectivity index (χ0n) is 12.3. The van der Waals surface area contributed by atoms with Crippen molar-refractivity contribution in [2.24, 2.45) is 5.73 Å². The van der Waals surface area contributed by atoms with Crippen LogP contribution in [0, 0.1) is 6.92 Å². The lowest BCUT2D eigenvalue weighted by molar-refractivity contribution is -0.137. The smallest absolute Gasteiger partial charge is 0.318 e. The number of rotatable bonds is 2. The third-order valence-corrected chi connectivity index (χ3v) is 4.01. The second kappa shape index (κ2) is 5.38. The summed E-state index contributed by atoms with van der Waals surface area (Å²) in [5.41, 5.74) is 7.15. The van der Waals surface area contributed by atoms with Gasteiger partial charge in [-0.15, -0.1) is 0 Å². The van der Waals surface area contributed by atoms with Crippen molar-refractivity contribution in [2.45, 2.75) is 25.2 Å². The lowest BCUT2D eigenvalue weighted by Crippen LogP contribution is -2.63. The number of nitrogens with two attached hydrogens (primary N) is 1. The average Bonchev–Trinajstić information content (AvgIpc) is 2.52. The number of halogens is 3. The maximum atomic E-state index is 12.9. The van der Waals surface area contributed by atoms with E-state index >= 15 is 0 Å². The lowest BCUT2D eigenvalue weighted by atomic mass is 9.88. The molecule has 2 aromatic carbocycles. The molecule has 1 amide bonds. The quantitative estimate of drug-likeness (QED) is 0.862.